The predicted molar refractivity (Wildman–Crippen MR) is 99.4 cm³/mol. The molecule has 4 nitrogen and oxygen atoms in total. The van der Waals surface area contributed by atoms with Crippen LogP contribution in [0.2, 0.25) is 0 Å². The van der Waals surface area contributed by atoms with E-state index in [4.69, 9.17) is 0 Å². The summed E-state index contributed by atoms with van der Waals surface area (Å²) in [6.45, 7) is 5.31. The fraction of sp³-hybridized carbons (Fsp3) is 0.211. The second kappa shape index (κ2) is 7.19. The number of hydrogen-bond donors (Lipinski definition) is 1. The molecule has 0 radical (unpaired) electrons. The quantitative estimate of drug-likeness (QED) is 0.553. The van der Waals surface area contributed by atoms with Crippen LogP contribution in [0.15, 0.2) is 47.5 Å². The lowest BCUT2D eigenvalue weighted by molar-refractivity contribution is -0.115. The largest absolute Gasteiger partial charge is 0.325 e. The Bertz CT molecular complexity index is 945. The van der Waals surface area contributed by atoms with E-state index in [9.17, 15) is 9.18 Å². The summed E-state index contributed by atoms with van der Waals surface area (Å²) < 4.78 is 13.6. The first-order valence-corrected chi connectivity index (χ1v) is 8.79. The Balaban J connectivity index is 1.78. The maximum Gasteiger partial charge on any atom is 0.237 e. The molecule has 0 bridgehead atoms. The summed E-state index contributed by atoms with van der Waals surface area (Å²) >= 11 is 1.37. The summed E-state index contributed by atoms with van der Waals surface area (Å²) in [5, 5.41) is 4.04. The van der Waals surface area contributed by atoms with E-state index in [-0.39, 0.29) is 17.0 Å². The Labute approximate surface area is 149 Å². The Hall–Kier alpha value is -2.47. The average Bonchev–Trinajstić information content (AvgIpc) is 2.58. The van der Waals surface area contributed by atoms with Crippen molar-refractivity contribution in [1.82, 2.24) is 9.97 Å². The lowest BCUT2D eigenvalue weighted by Crippen LogP contribution is -2.22. The van der Waals surface area contributed by atoms with Crippen LogP contribution in [0.1, 0.15) is 18.3 Å². The lowest BCUT2D eigenvalue weighted by atomic mass is 10.2. The molecule has 1 atom stereocenters. The SMILES string of the molecule is Cc1nc(S[C@@H](C)C(=O)Nc2ccc(C)c(F)c2)c2ccccc2n1. The zero-order valence-electron chi connectivity index (χ0n) is 14.2. The van der Waals surface area contributed by atoms with Gasteiger partial charge in [-0.1, -0.05) is 36.0 Å². The Kier molecular flexibility index (Phi) is 4.99. The number of nitrogens with zero attached hydrogens (tertiary/aromatic N) is 2. The summed E-state index contributed by atoms with van der Waals surface area (Å²) in [6, 6.07) is 12.4. The number of rotatable bonds is 4. The van der Waals surface area contributed by atoms with Crippen molar-refractivity contribution in [2.45, 2.75) is 31.0 Å². The molecular formula is C19H18FN3OS. The Morgan fingerprint density at radius 2 is 1.92 bits per heavy atom. The highest BCUT2D eigenvalue weighted by molar-refractivity contribution is 8.00. The van der Waals surface area contributed by atoms with Crippen molar-refractivity contribution in [1.29, 1.82) is 0 Å². The number of thioether (sulfide) groups is 1. The predicted octanol–water partition coefficient (Wildman–Crippen LogP) is 4.51. The number of amides is 1. The third kappa shape index (κ3) is 3.96. The van der Waals surface area contributed by atoms with Crippen molar-refractivity contribution in [3.05, 3.63) is 59.7 Å². The third-order valence-corrected chi connectivity index (χ3v) is 4.88. The molecule has 0 aliphatic heterocycles. The molecule has 1 amide bonds. The smallest absolute Gasteiger partial charge is 0.237 e. The van der Waals surface area contributed by atoms with E-state index in [2.05, 4.69) is 15.3 Å². The van der Waals surface area contributed by atoms with E-state index in [0.29, 0.717) is 17.1 Å². The Morgan fingerprint density at radius 1 is 1.16 bits per heavy atom. The first kappa shape index (κ1) is 17.4. The monoisotopic (exact) mass is 355 g/mol. The van der Waals surface area contributed by atoms with Crippen molar-refractivity contribution in [3.8, 4) is 0 Å². The van der Waals surface area contributed by atoms with Crippen LogP contribution in [-0.4, -0.2) is 21.1 Å². The molecule has 3 aromatic rings. The van der Waals surface area contributed by atoms with Gasteiger partial charge in [0.25, 0.3) is 0 Å². The third-order valence-electron chi connectivity index (χ3n) is 3.78. The van der Waals surface area contributed by atoms with E-state index >= 15 is 0 Å². The molecule has 1 aromatic heterocycles. The van der Waals surface area contributed by atoms with Gasteiger partial charge in [-0.05, 0) is 44.5 Å². The maximum absolute atomic E-state index is 13.6. The number of aromatic nitrogens is 2. The molecule has 6 heteroatoms. The van der Waals surface area contributed by atoms with Crippen molar-refractivity contribution in [2.24, 2.45) is 0 Å². The van der Waals surface area contributed by atoms with Crippen LogP contribution in [0.25, 0.3) is 10.9 Å². The van der Waals surface area contributed by atoms with E-state index in [1.54, 1.807) is 26.0 Å². The molecule has 0 spiro atoms. The second-order valence-electron chi connectivity index (χ2n) is 5.81. The van der Waals surface area contributed by atoms with Gasteiger partial charge in [-0.2, -0.15) is 0 Å². The zero-order valence-corrected chi connectivity index (χ0v) is 15.0. The molecule has 0 saturated carbocycles. The molecule has 0 aliphatic rings. The summed E-state index contributed by atoms with van der Waals surface area (Å²) in [5.74, 6) is 0.124. The minimum absolute atomic E-state index is 0.200. The van der Waals surface area contributed by atoms with Crippen molar-refractivity contribution >= 4 is 34.3 Å². The van der Waals surface area contributed by atoms with Crippen LogP contribution < -0.4 is 5.32 Å². The number of para-hydroxylation sites is 1. The van der Waals surface area contributed by atoms with E-state index in [1.165, 1.54) is 17.8 Å². The van der Waals surface area contributed by atoms with Crippen molar-refractivity contribution in [2.75, 3.05) is 5.32 Å². The Morgan fingerprint density at radius 3 is 2.68 bits per heavy atom. The molecule has 3 rings (SSSR count). The van der Waals surface area contributed by atoms with E-state index in [0.717, 1.165) is 15.9 Å². The molecule has 128 valence electrons. The number of hydrogen-bond acceptors (Lipinski definition) is 4. The van der Waals surface area contributed by atoms with Gasteiger partial charge in [0.05, 0.1) is 10.8 Å². The van der Waals surface area contributed by atoms with Gasteiger partial charge in [-0.25, -0.2) is 14.4 Å². The second-order valence-corrected chi connectivity index (χ2v) is 7.14. The van der Waals surface area contributed by atoms with Gasteiger partial charge in [0, 0.05) is 11.1 Å². The van der Waals surface area contributed by atoms with Crippen LogP contribution in [0, 0.1) is 19.7 Å². The number of halogens is 1. The van der Waals surface area contributed by atoms with Crippen molar-refractivity contribution < 1.29 is 9.18 Å². The lowest BCUT2D eigenvalue weighted by Gasteiger charge is -2.13. The minimum Gasteiger partial charge on any atom is -0.325 e. The van der Waals surface area contributed by atoms with Crippen LogP contribution in [0.3, 0.4) is 0 Å². The molecule has 1 N–H and O–H groups in total. The number of anilines is 1. The number of fused-ring (bicyclic) bond motifs is 1. The zero-order chi connectivity index (χ0) is 18.0. The van der Waals surface area contributed by atoms with E-state index in [1.807, 2.05) is 31.2 Å². The number of aryl methyl sites for hydroxylation is 2. The first-order valence-electron chi connectivity index (χ1n) is 7.91. The summed E-state index contributed by atoms with van der Waals surface area (Å²) in [7, 11) is 0. The first-order chi connectivity index (χ1) is 11.9. The molecule has 2 aromatic carbocycles. The van der Waals surface area contributed by atoms with Gasteiger partial charge in [0.2, 0.25) is 5.91 Å². The highest BCUT2D eigenvalue weighted by atomic mass is 32.2. The van der Waals surface area contributed by atoms with E-state index < -0.39 is 0 Å². The van der Waals surface area contributed by atoms with Crippen LogP contribution in [0.4, 0.5) is 10.1 Å². The normalized spacial score (nSPS) is 12.2. The number of nitrogens with one attached hydrogen (secondary N) is 1. The van der Waals surface area contributed by atoms with Crippen LogP contribution in [-0.2, 0) is 4.79 Å². The van der Waals surface area contributed by atoms with Crippen LogP contribution >= 0.6 is 11.8 Å². The molecule has 0 fully saturated rings. The van der Waals surface area contributed by atoms with Crippen LogP contribution in [0.5, 0.6) is 0 Å². The van der Waals surface area contributed by atoms with Gasteiger partial charge in [-0.15, -0.1) is 0 Å². The molecule has 25 heavy (non-hydrogen) atoms. The highest BCUT2D eigenvalue weighted by Crippen LogP contribution is 2.29. The van der Waals surface area contributed by atoms with Gasteiger partial charge < -0.3 is 5.32 Å². The standard InChI is InChI=1S/C19H18FN3OS/c1-11-8-9-14(10-16(11)20)23-18(24)12(2)25-19-15-6-4-5-7-17(15)21-13(3)22-19/h4-10,12H,1-3H3,(H,23,24)/t12-/m0/s1. The molecule has 0 aliphatic carbocycles. The van der Waals surface area contributed by atoms with Gasteiger partial charge >= 0.3 is 0 Å². The topological polar surface area (TPSA) is 54.9 Å². The summed E-state index contributed by atoms with van der Waals surface area (Å²) in [6.07, 6.45) is 0. The highest BCUT2D eigenvalue weighted by Gasteiger charge is 2.18. The fourth-order valence-electron chi connectivity index (χ4n) is 2.38. The maximum atomic E-state index is 13.6. The molecular weight excluding hydrogens is 337 g/mol. The number of carbonyl (C=O) groups excluding carboxylic acids is 1. The molecule has 0 unspecified atom stereocenters. The molecule has 0 saturated heterocycles. The minimum atomic E-state index is -0.387. The van der Waals surface area contributed by atoms with Crippen molar-refractivity contribution in [3.63, 3.8) is 0 Å². The average molecular weight is 355 g/mol. The summed E-state index contributed by atoms with van der Waals surface area (Å²) in [5.41, 5.74) is 1.85. The summed E-state index contributed by atoms with van der Waals surface area (Å²) in [4.78, 5) is 21.3. The van der Waals surface area contributed by atoms with Gasteiger partial charge in [0.15, 0.2) is 0 Å². The van der Waals surface area contributed by atoms with Gasteiger partial charge in [0.1, 0.15) is 16.7 Å². The fourth-order valence-corrected chi connectivity index (χ4v) is 3.37. The number of benzene rings is 2. The van der Waals surface area contributed by atoms with Gasteiger partial charge in [-0.3, -0.25) is 4.79 Å². The molecule has 1 heterocycles. The number of carbonyl (C=O) groups is 1.